The van der Waals surface area contributed by atoms with Gasteiger partial charge in [0.05, 0.1) is 22.4 Å². The number of carbonyl (C=O) groups excluding carboxylic acids is 2. The predicted octanol–water partition coefficient (Wildman–Crippen LogP) is 1.63. The quantitative estimate of drug-likeness (QED) is 0.870. The maximum atomic E-state index is 12.5. The lowest BCUT2D eigenvalue weighted by atomic mass is 9.84. The summed E-state index contributed by atoms with van der Waals surface area (Å²) in [6, 6.07) is 5.43. The van der Waals surface area contributed by atoms with Crippen LogP contribution in [0.1, 0.15) is 39.3 Å². The van der Waals surface area contributed by atoms with E-state index in [0.717, 1.165) is 18.5 Å². The van der Waals surface area contributed by atoms with E-state index in [-0.39, 0.29) is 17.4 Å². The zero-order valence-electron chi connectivity index (χ0n) is 13.0. The summed E-state index contributed by atoms with van der Waals surface area (Å²) < 4.78 is 0. The van der Waals surface area contributed by atoms with Crippen LogP contribution in [0, 0.1) is 0 Å². The number of hydrogen-bond acceptors (Lipinski definition) is 3. The van der Waals surface area contributed by atoms with E-state index in [9.17, 15) is 9.59 Å². The van der Waals surface area contributed by atoms with Crippen molar-refractivity contribution in [2.75, 3.05) is 20.1 Å². The summed E-state index contributed by atoms with van der Waals surface area (Å²) in [5.74, 6) is 0.0628. The standard InChI is InChI=1S/C17H18N4O2/c1-20-16(23)13-3-2-7-19-14(13)17(20)5-9-21(10-6-17)15(22)12-4-8-18-11-12/h2-4,7-8,11,18H,5-6,9-10H2,1H3. The van der Waals surface area contributed by atoms with Crippen LogP contribution in [0.4, 0.5) is 0 Å². The molecule has 2 amide bonds. The molecule has 0 unspecified atom stereocenters. The summed E-state index contributed by atoms with van der Waals surface area (Å²) >= 11 is 0. The van der Waals surface area contributed by atoms with Gasteiger partial charge in [0.25, 0.3) is 11.8 Å². The monoisotopic (exact) mass is 310 g/mol. The number of fused-ring (bicyclic) bond motifs is 2. The lowest BCUT2D eigenvalue weighted by Crippen LogP contribution is -2.51. The van der Waals surface area contributed by atoms with Crippen molar-refractivity contribution >= 4 is 11.8 Å². The highest BCUT2D eigenvalue weighted by Gasteiger charge is 2.50. The predicted molar refractivity (Wildman–Crippen MR) is 83.9 cm³/mol. The molecule has 0 aromatic carbocycles. The van der Waals surface area contributed by atoms with Crippen molar-refractivity contribution in [2.45, 2.75) is 18.4 Å². The number of pyridine rings is 1. The number of H-pyrrole nitrogens is 1. The molecule has 0 saturated carbocycles. The topological polar surface area (TPSA) is 69.3 Å². The molecule has 0 atom stereocenters. The minimum atomic E-state index is -0.372. The first-order valence-electron chi connectivity index (χ1n) is 7.79. The Morgan fingerprint density at radius 2 is 2.09 bits per heavy atom. The van der Waals surface area contributed by atoms with Gasteiger partial charge in [-0.15, -0.1) is 0 Å². The van der Waals surface area contributed by atoms with Crippen molar-refractivity contribution in [2.24, 2.45) is 0 Å². The maximum absolute atomic E-state index is 12.5. The zero-order chi connectivity index (χ0) is 16.0. The van der Waals surface area contributed by atoms with Gasteiger partial charge in [-0.1, -0.05) is 0 Å². The van der Waals surface area contributed by atoms with Crippen LogP contribution in [-0.2, 0) is 5.54 Å². The molecule has 2 aliphatic heterocycles. The molecule has 2 aromatic heterocycles. The highest BCUT2D eigenvalue weighted by Crippen LogP contribution is 2.44. The first kappa shape index (κ1) is 14.0. The van der Waals surface area contributed by atoms with Crippen LogP contribution in [-0.4, -0.2) is 51.7 Å². The van der Waals surface area contributed by atoms with E-state index in [2.05, 4.69) is 9.97 Å². The van der Waals surface area contributed by atoms with Crippen LogP contribution in [0.25, 0.3) is 0 Å². The van der Waals surface area contributed by atoms with Gasteiger partial charge in [0, 0.05) is 38.7 Å². The van der Waals surface area contributed by atoms with E-state index in [0.29, 0.717) is 24.2 Å². The first-order chi connectivity index (χ1) is 11.1. The molecule has 6 heteroatoms. The van der Waals surface area contributed by atoms with Gasteiger partial charge in [0.15, 0.2) is 0 Å². The second-order valence-electron chi connectivity index (χ2n) is 6.19. The lowest BCUT2D eigenvalue weighted by Gasteiger charge is -2.43. The number of piperidine rings is 1. The third kappa shape index (κ3) is 1.91. The van der Waals surface area contributed by atoms with Gasteiger partial charge in [-0.05, 0) is 31.0 Å². The third-order valence-electron chi connectivity index (χ3n) is 5.15. The van der Waals surface area contributed by atoms with E-state index in [1.165, 1.54) is 0 Å². The van der Waals surface area contributed by atoms with Gasteiger partial charge < -0.3 is 14.8 Å². The molecule has 0 aliphatic carbocycles. The molecular formula is C17H18N4O2. The summed E-state index contributed by atoms with van der Waals surface area (Å²) in [7, 11) is 1.84. The normalized spacial score (nSPS) is 19.3. The molecule has 0 bridgehead atoms. The minimum absolute atomic E-state index is 0.0264. The highest BCUT2D eigenvalue weighted by atomic mass is 16.2. The Kier molecular flexibility index (Phi) is 3.01. The summed E-state index contributed by atoms with van der Waals surface area (Å²) in [6.45, 7) is 1.25. The van der Waals surface area contributed by atoms with Crippen molar-refractivity contribution in [3.05, 3.63) is 53.6 Å². The summed E-state index contributed by atoms with van der Waals surface area (Å²) in [5.41, 5.74) is 1.86. The smallest absolute Gasteiger partial charge is 0.256 e. The largest absolute Gasteiger partial charge is 0.367 e. The van der Waals surface area contributed by atoms with Crippen LogP contribution < -0.4 is 0 Å². The summed E-state index contributed by atoms with van der Waals surface area (Å²) in [6.07, 6.45) is 6.65. The Bertz CT molecular complexity index is 761. The van der Waals surface area contributed by atoms with Gasteiger partial charge >= 0.3 is 0 Å². The molecule has 6 nitrogen and oxygen atoms in total. The lowest BCUT2D eigenvalue weighted by molar-refractivity contribution is 0.0336. The van der Waals surface area contributed by atoms with E-state index in [1.54, 1.807) is 30.7 Å². The molecule has 1 spiro atoms. The number of aromatic nitrogens is 2. The molecule has 0 radical (unpaired) electrons. The van der Waals surface area contributed by atoms with Crippen molar-refractivity contribution in [1.82, 2.24) is 19.8 Å². The molecule has 2 aliphatic rings. The van der Waals surface area contributed by atoms with Gasteiger partial charge in [-0.3, -0.25) is 14.6 Å². The molecule has 4 rings (SSSR count). The van der Waals surface area contributed by atoms with Crippen LogP contribution in [0.15, 0.2) is 36.8 Å². The maximum Gasteiger partial charge on any atom is 0.256 e. The molecule has 1 fully saturated rings. The second-order valence-corrected chi connectivity index (χ2v) is 6.19. The average Bonchev–Trinajstić information content (AvgIpc) is 3.20. The second kappa shape index (κ2) is 4.94. The van der Waals surface area contributed by atoms with Crippen molar-refractivity contribution in [3.63, 3.8) is 0 Å². The molecular weight excluding hydrogens is 292 g/mol. The SMILES string of the molecule is CN1C(=O)c2cccnc2C12CCN(C(=O)c1cc[nH]c1)CC2. The van der Waals surface area contributed by atoms with Crippen LogP contribution in [0.3, 0.4) is 0 Å². The van der Waals surface area contributed by atoms with E-state index in [4.69, 9.17) is 0 Å². The molecule has 2 aromatic rings. The Morgan fingerprint density at radius 3 is 2.78 bits per heavy atom. The van der Waals surface area contributed by atoms with Crippen LogP contribution >= 0.6 is 0 Å². The highest BCUT2D eigenvalue weighted by molar-refractivity contribution is 5.99. The molecule has 4 heterocycles. The number of hydrogen-bond donors (Lipinski definition) is 1. The average molecular weight is 310 g/mol. The summed E-state index contributed by atoms with van der Waals surface area (Å²) in [4.78, 5) is 36.0. The Balaban J connectivity index is 1.60. The van der Waals surface area contributed by atoms with Gasteiger partial charge in [-0.2, -0.15) is 0 Å². The fourth-order valence-corrected chi connectivity index (χ4v) is 3.77. The molecule has 23 heavy (non-hydrogen) atoms. The zero-order valence-corrected chi connectivity index (χ0v) is 13.0. The number of nitrogens with zero attached hydrogens (tertiary/aromatic N) is 3. The molecule has 118 valence electrons. The van der Waals surface area contributed by atoms with Crippen molar-refractivity contribution < 1.29 is 9.59 Å². The van der Waals surface area contributed by atoms with E-state index < -0.39 is 0 Å². The third-order valence-corrected chi connectivity index (χ3v) is 5.15. The summed E-state index contributed by atoms with van der Waals surface area (Å²) in [5, 5.41) is 0. The Hall–Kier alpha value is -2.63. The number of nitrogens with one attached hydrogen (secondary N) is 1. The number of rotatable bonds is 1. The molecule has 1 saturated heterocycles. The fraction of sp³-hybridized carbons (Fsp3) is 0.353. The Labute approximate surface area is 134 Å². The first-order valence-corrected chi connectivity index (χ1v) is 7.79. The van der Waals surface area contributed by atoms with Crippen molar-refractivity contribution in [1.29, 1.82) is 0 Å². The Morgan fingerprint density at radius 1 is 1.30 bits per heavy atom. The minimum Gasteiger partial charge on any atom is -0.367 e. The van der Waals surface area contributed by atoms with Gasteiger partial charge in [0.2, 0.25) is 0 Å². The number of carbonyl (C=O) groups is 2. The van der Waals surface area contributed by atoms with E-state index in [1.807, 2.05) is 22.9 Å². The van der Waals surface area contributed by atoms with Crippen LogP contribution in [0.2, 0.25) is 0 Å². The molecule has 1 N–H and O–H groups in total. The van der Waals surface area contributed by atoms with Crippen molar-refractivity contribution in [3.8, 4) is 0 Å². The number of likely N-dealkylation sites (tertiary alicyclic amines) is 1. The van der Waals surface area contributed by atoms with Gasteiger partial charge in [-0.25, -0.2) is 0 Å². The number of amides is 2. The number of aromatic amines is 1. The van der Waals surface area contributed by atoms with Gasteiger partial charge in [0.1, 0.15) is 0 Å². The van der Waals surface area contributed by atoms with E-state index >= 15 is 0 Å². The van der Waals surface area contributed by atoms with Crippen LogP contribution in [0.5, 0.6) is 0 Å². The fourth-order valence-electron chi connectivity index (χ4n) is 3.77.